The molecule has 15 rings (SSSR count). The smallest absolute Gasteiger partial charge is 0.662 e. The van der Waals surface area contributed by atoms with Gasteiger partial charge in [0.05, 0.1) is 6.61 Å². The van der Waals surface area contributed by atoms with Crippen LogP contribution in [0.3, 0.4) is 0 Å². The summed E-state index contributed by atoms with van der Waals surface area (Å²) in [5, 5.41) is 8.77. The maximum absolute atomic E-state index is 12.0. The van der Waals surface area contributed by atoms with Gasteiger partial charge in [0.1, 0.15) is 0 Å². The van der Waals surface area contributed by atoms with E-state index in [2.05, 4.69) is 441 Å². The Morgan fingerprint density at radius 2 is 0.711 bits per heavy atom. The molecule has 12 unspecified atom stereocenters. The minimum Gasteiger partial charge on any atom is -0.662 e. The second-order valence-electron chi connectivity index (χ2n) is 59.1. The van der Waals surface area contributed by atoms with Crippen LogP contribution < -0.4 is 0 Å². The number of fused-ring (bicyclic) bond motifs is 13. The van der Waals surface area contributed by atoms with Crippen LogP contribution in [0.4, 0.5) is 4.79 Å². The van der Waals surface area contributed by atoms with Crippen LogP contribution >= 0.6 is 0 Å². The predicted molar refractivity (Wildman–Crippen MR) is 637 cm³/mol. The number of hydrogen-bond donors (Lipinski definition) is 0. The van der Waals surface area contributed by atoms with E-state index in [1.165, 1.54) is 166 Å². The molecule has 1 amide bonds. The van der Waals surface area contributed by atoms with Crippen molar-refractivity contribution in [2.75, 3.05) is 105 Å². The molecule has 846 valence electrons. The van der Waals surface area contributed by atoms with Gasteiger partial charge in [-0.3, -0.25) is 34.3 Å². The van der Waals surface area contributed by atoms with Gasteiger partial charge >= 0.3 is 99.4 Å². The maximum Gasteiger partial charge on any atom is 2.00 e. The molecular weight excluding hydrogens is 2410 g/mol. The van der Waals surface area contributed by atoms with Crippen molar-refractivity contribution < 1.29 is 103 Å². The molecule has 0 spiro atoms. The number of amides is 1. The van der Waals surface area contributed by atoms with Gasteiger partial charge in [-0.15, -0.1) is 31.8 Å². The van der Waals surface area contributed by atoms with Crippen LogP contribution in [-0.4, -0.2) is 219 Å². The second-order valence-corrected chi connectivity index (χ2v) is 59.1. The van der Waals surface area contributed by atoms with Crippen LogP contribution in [0.25, 0.3) is 10.6 Å². The van der Waals surface area contributed by atoms with Crippen LogP contribution in [-0.2, 0) is 4.74 Å². The summed E-state index contributed by atoms with van der Waals surface area (Å²) in [5.41, 5.74) is 5.46. The third-order valence-corrected chi connectivity index (χ3v) is 27.1. The first kappa shape index (κ1) is 163. The molecule has 6 aliphatic carbocycles. The summed E-state index contributed by atoms with van der Waals surface area (Å²) in [4.78, 5) is 32.3. The molecule has 9 heterocycles. The number of ether oxygens (including phenoxy) is 1. The minimum absolute atomic E-state index is 0. The van der Waals surface area contributed by atoms with E-state index in [4.69, 9.17) is 4.74 Å². The van der Waals surface area contributed by atoms with E-state index in [1.54, 1.807) is 0 Å². The fraction of sp³-hybridized carbons (Fsp3) is 0.913. The van der Waals surface area contributed by atoms with Gasteiger partial charge < -0.3 is 44.4 Å². The number of rotatable bonds is 2. The van der Waals surface area contributed by atoms with Gasteiger partial charge in [-0.25, -0.2) is 4.79 Å². The Balaban J connectivity index is -0.000000168. The van der Waals surface area contributed by atoms with Crippen LogP contribution in [0.15, 0.2) is 36.5 Å². The summed E-state index contributed by atoms with van der Waals surface area (Å²) in [7, 11) is 0. The van der Waals surface area contributed by atoms with Crippen molar-refractivity contribution in [3.8, 4) is 0 Å². The Morgan fingerprint density at radius 3 is 0.923 bits per heavy atom. The Labute approximate surface area is 971 Å². The molecule has 15 heteroatoms. The molecule has 12 nitrogen and oxygen atoms in total. The molecule has 15 aliphatic rings. The molecule has 12 fully saturated rings. The van der Waals surface area contributed by atoms with Gasteiger partial charge in [0.2, 0.25) is 0 Å². The van der Waals surface area contributed by atoms with Gasteiger partial charge in [0.25, 0.3) is 0 Å². The van der Waals surface area contributed by atoms with Gasteiger partial charge in [0, 0.05) is 128 Å². The summed E-state index contributed by atoms with van der Waals surface area (Å²) in [6, 6.07) is 3.66. The third kappa shape index (κ3) is 72.2. The fourth-order valence-corrected chi connectivity index (χ4v) is 20.0. The van der Waals surface area contributed by atoms with E-state index in [1.807, 2.05) is 4.90 Å². The Morgan fingerprint density at radius 1 is 0.380 bits per heavy atom. The molecule has 9 aliphatic heterocycles. The van der Waals surface area contributed by atoms with E-state index >= 15 is 0 Å². The van der Waals surface area contributed by atoms with E-state index in [0.29, 0.717) is 78.4 Å². The number of piperazine rings is 1. The van der Waals surface area contributed by atoms with Crippen LogP contribution in [0.5, 0.6) is 0 Å². The maximum atomic E-state index is 12.0. The molecule has 0 radical (unpaired) electrons. The van der Waals surface area contributed by atoms with Crippen molar-refractivity contribution >= 4 is 6.09 Å². The topological polar surface area (TPSA) is 80.4 Å². The first-order valence-corrected chi connectivity index (χ1v) is 54.1. The van der Waals surface area contributed by atoms with Gasteiger partial charge in [-0.05, 0) is 284 Å². The first-order chi connectivity index (χ1) is 59.4. The fourth-order valence-electron chi connectivity index (χ4n) is 20.0. The molecule has 10 bridgehead atoms. The standard InChI is InChI=1S/C15H30N2O2.C15H30N2.C14H25.C13H28N2.2C10H17N.C9H16N.C6H8N.C6H14.2C5H12.3C4H9.7CH4.3U/c1-14(2,3)12-19-13(18)16-8-7-9-17(11-10-16)15(4,5)6;1-14(2,3)16-10-13-9-7-8-12(16)11-17(13)15(4,5)6;1-14(2,3)10-13-8-11-5-4-6-12(7-11)9-13;1-12(2,3)14-8-7-9-15(11-10-14)13(4,5)6;2*1-10(2,3)11-7-8-4-5-9(11)6-8;1-8(2,3)9-4-7(9)5-10-6-9;1-2-6-3-5(1)4-7-6;1-5-6(2,3)4;2*1-5(2,3)4;3*1-4(2)3;;;;;;;;;;/h7-12H2,1-6H3;12-13H,7-11H2,1-6H3;4,11-13H,5-10H2,1-3H3;7-11H2,1-6H3;2*4-5,8-9H,6-7H2,1-3H3;7H,4-6H2,1-3H3;1-2,5-6H,3-4H2;5H2,1-4H3;2*1-4H3;3*1-3H3;7*1H4;;;/q;;-1;;;;2*-1;;;;3*-1;;;;;;;;3*+2. The molecule has 0 aromatic heterocycles. The van der Waals surface area contributed by atoms with Crippen molar-refractivity contribution in [1.29, 1.82) is 0 Å². The van der Waals surface area contributed by atoms with Gasteiger partial charge in [-0.1, -0.05) is 271 Å². The number of nitrogens with zero attached hydrogens (tertiary/aromatic N) is 10. The predicted octanol–water partition coefficient (Wildman–Crippen LogP) is 36.8. The summed E-state index contributed by atoms with van der Waals surface area (Å²) in [5.74, 6) is 10.9. The van der Waals surface area contributed by atoms with Crippen LogP contribution in [0.1, 0.15) is 508 Å². The molecule has 0 N–H and O–H groups in total. The Kier molecular flexibility index (Phi) is 82.2. The molecule has 142 heavy (non-hydrogen) atoms. The zero-order valence-corrected chi connectivity index (χ0v) is 113. The van der Waals surface area contributed by atoms with Crippen molar-refractivity contribution in [3.63, 3.8) is 0 Å². The molecule has 0 aromatic rings. The molecule has 9 saturated heterocycles. The van der Waals surface area contributed by atoms with Gasteiger partial charge in [0.15, 0.2) is 0 Å². The van der Waals surface area contributed by atoms with E-state index in [-0.39, 0.29) is 162 Å². The van der Waals surface area contributed by atoms with Crippen molar-refractivity contribution in [2.24, 2.45) is 79.3 Å². The summed E-state index contributed by atoms with van der Waals surface area (Å²) in [6.07, 6.45) is 38.5. The number of carbonyl (C=O) groups excluding carboxylic acids is 1. The van der Waals surface area contributed by atoms with Crippen molar-refractivity contribution in [3.05, 3.63) is 71.3 Å². The minimum atomic E-state index is -0.161. The quantitative estimate of drug-likeness (QED) is 0.198. The molecule has 0 aromatic carbocycles. The van der Waals surface area contributed by atoms with E-state index in [0.717, 1.165) is 118 Å². The number of likely N-dealkylation sites (tertiary alicyclic amines) is 2. The number of piperidine rings is 1. The van der Waals surface area contributed by atoms with Gasteiger partial charge in [-0.2, -0.15) is 75.2 Å². The second kappa shape index (κ2) is 71.5. The summed E-state index contributed by atoms with van der Waals surface area (Å²) < 4.78 is 5.39. The average Bonchev–Trinajstić information content (AvgIpc) is 1.55. The Bertz CT molecular complexity index is 3020. The van der Waals surface area contributed by atoms with E-state index in [9.17, 15) is 4.79 Å². The Hall–Kier alpha value is 1.29. The van der Waals surface area contributed by atoms with Crippen LogP contribution in [0, 0.1) is 197 Å². The molecule has 3 saturated carbocycles. The first-order valence-electron chi connectivity index (χ1n) is 54.1. The van der Waals surface area contributed by atoms with Crippen molar-refractivity contribution in [1.82, 2.24) is 39.2 Å². The third-order valence-electron chi connectivity index (χ3n) is 27.1. The zero-order valence-electron chi connectivity index (χ0n) is 100. The number of carbonyl (C=O) groups is 1. The zero-order chi connectivity index (χ0) is 103. The molecular formula is C127H264N10O2U3. The van der Waals surface area contributed by atoms with Crippen molar-refractivity contribution in [2.45, 2.75) is 577 Å². The SMILES string of the molecule is C.C.C.C.C.C.C.C1=CC2CC1C[N-]2.CC(C)(C)C.CC(C)(C)C.CC(C)(C)C12C[N-]CC1C2.CC(C)(C)CC1CC2C[CH-]CC(C2)C1.CC(C)(C)COC(=O)N1CCCN(C(C)(C)C)CC1.CC(C)(C)N1CC2C=CC1C2.CC(C)(C)N1CC2C=CC1C2.CC(C)(C)N1CC2CCCC1CN2C(C)(C)C.CC(C)(C)N1CCCN(C(C)(C)C)CC1.CCC(C)(C)C.C[C-](C)C.C[C-](C)C.C[C-](C)C.[U+2].[U+2].[U+2]. The summed E-state index contributed by atoms with van der Waals surface area (Å²) >= 11 is 0. The normalized spacial score (nSPS) is 26.0. The molecule has 12 atom stereocenters. The monoisotopic (exact) mass is 2680 g/mol. The van der Waals surface area contributed by atoms with E-state index < -0.39 is 0 Å². The summed E-state index contributed by atoms with van der Waals surface area (Å²) in [6.45, 7) is 132. The average molecular weight is 2680 g/mol. The largest absolute Gasteiger partial charge is 2.00 e. The van der Waals surface area contributed by atoms with Crippen LogP contribution in [0.2, 0.25) is 0 Å². The number of hydrogen-bond acceptors (Lipinski definition) is 9.